The molecule has 0 bridgehead atoms. The molecule has 0 spiro atoms. The summed E-state index contributed by atoms with van der Waals surface area (Å²) in [5.74, 6) is 2.70. The highest BCUT2D eigenvalue weighted by Crippen LogP contribution is 2.33. The van der Waals surface area contributed by atoms with E-state index < -0.39 is 10.8 Å². The molecule has 2 aliphatic rings. The molecule has 2 aliphatic heterocycles. The van der Waals surface area contributed by atoms with Gasteiger partial charge in [0.2, 0.25) is 5.95 Å². The fourth-order valence-electron chi connectivity index (χ4n) is 4.07. The Hall–Kier alpha value is -2.06. The molecule has 0 saturated carbocycles. The highest BCUT2D eigenvalue weighted by Gasteiger charge is 2.30. The summed E-state index contributed by atoms with van der Waals surface area (Å²) in [6, 6.07) is 4.08. The van der Waals surface area contributed by atoms with E-state index in [-0.39, 0.29) is 18.6 Å². The van der Waals surface area contributed by atoms with Crippen molar-refractivity contribution in [2.45, 2.75) is 50.0 Å². The van der Waals surface area contributed by atoms with Gasteiger partial charge in [0.1, 0.15) is 10.7 Å². The Labute approximate surface area is 174 Å². The lowest BCUT2D eigenvalue weighted by Crippen LogP contribution is -2.35. The van der Waals surface area contributed by atoms with E-state index in [4.69, 9.17) is 9.97 Å². The van der Waals surface area contributed by atoms with E-state index in [1.165, 1.54) is 5.56 Å². The molecule has 2 aromatic heterocycles. The second-order valence-electron chi connectivity index (χ2n) is 8.17. The van der Waals surface area contributed by atoms with Crippen molar-refractivity contribution in [2.24, 2.45) is 5.92 Å². The normalized spacial score (nSPS) is 20.7. The number of nitrogens with one attached hydrogen (secondary N) is 1. The molecule has 0 aromatic carbocycles. The zero-order valence-electron chi connectivity index (χ0n) is 17.0. The lowest BCUT2D eigenvalue weighted by Gasteiger charge is -2.33. The Bertz CT molecular complexity index is 869. The minimum Gasteiger partial charge on any atom is -0.394 e. The van der Waals surface area contributed by atoms with Crippen LogP contribution in [0.1, 0.15) is 43.9 Å². The van der Waals surface area contributed by atoms with Crippen LogP contribution >= 0.6 is 0 Å². The average Bonchev–Trinajstić information content (AvgIpc) is 3.13. The number of hydrogen-bond donors (Lipinski definition) is 2. The van der Waals surface area contributed by atoms with Gasteiger partial charge in [-0.25, -0.2) is 4.98 Å². The monoisotopic (exact) mass is 415 g/mol. The number of aryl methyl sites for hydroxylation is 1. The van der Waals surface area contributed by atoms with E-state index in [0.717, 1.165) is 36.5 Å². The van der Waals surface area contributed by atoms with Crippen molar-refractivity contribution in [1.29, 1.82) is 0 Å². The van der Waals surface area contributed by atoms with E-state index in [9.17, 15) is 9.32 Å². The summed E-state index contributed by atoms with van der Waals surface area (Å²) in [5.41, 5.74) is 2.22. The Balaban J connectivity index is 1.55. The van der Waals surface area contributed by atoms with Crippen LogP contribution in [0.25, 0.3) is 0 Å². The van der Waals surface area contributed by atoms with Crippen molar-refractivity contribution < 1.29 is 9.32 Å². The number of rotatable bonds is 6. The fraction of sp³-hybridized carbons (Fsp3) is 0.571. The molecule has 7 nitrogen and oxygen atoms in total. The first-order chi connectivity index (χ1) is 14.1. The van der Waals surface area contributed by atoms with Crippen LogP contribution < -0.4 is 10.2 Å². The molecule has 2 atom stereocenters. The molecule has 2 aromatic rings. The predicted octanol–water partition coefficient (Wildman–Crippen LogP) is 2.35. The third-order valence-corrected chi connectivity index (χ3v) is 7.41. The molecule has 156 valence electrons. The number of aromatic nitrogens is 3. The minimum absolute atomic E-state index is 0.00966. The first-order valence-electron chi connectivity index (χ1n) is 10.4. The van der Waals surface area contributed by atoms with Crippen molar-refractivity contribution >= 4 is 22.6 Å². The zero-order chi connectivity index (χ0) is 20.4. The number of piperidine rings is 1. The van der Waals surface area contributed by atoms with Crippen LogP contribution in [0.15, 0.2) is 29.4 Å². The molecule has 1 fully saturated rings. The molecule has 1 unspecified atom stereocenters. The summed E-state index contributed by atoms with van der Waals surface area (Å²) in [4.78, 5) is 16.6. The van der Waals surface area contributed by atoms with Crippen molar-refractivity contribution in [3.63, 3.8) is 0 Å². The van der Waals surface area contributed by atoms with E-state index in [1.54, 1.807) is 0 Å². The molecule has 0 amide bonds. The van der Waals surface area contributed by atoms with E-state index in [0.29, 0.717) is 29.9 Å². The van der Waals surface area contributed by atoms with Crippen LogP contribution in [0.3, 0.4) is 0 Å². The summed E-state index contributed by atoms with van der Waals surface area (Å²) in [7, 11) is -1.08. The zero-order valence-corrected chi connectivity index (χ0v) is 17.9. The first kappa shape index (κ1) is 20.2. The molecule has 1 saturated heterocycles. The van der Waals surface area contributed by atoms with Gasteiger partial charge in [-0.3, -0.25) is 9.19 Å². The molecular formula is C21H29N5O2S. The van der Waals surface area contributed by atoms with E-state index in [1.807, 2.05) is 12.4 Å². The molecule has 29 heavy (non-hydrogen) atoms. The average molecular weight is 416 g/mol. The summed E-state index contributed by atoms with van der Waals surface area (Å²) in [6.45, 7) is 5.90. The van der Waals surface area contributed by atoms with Crippen molar-refractivity contribution in [1.82, 2.24) is 15.0 Å². The Morgan fingerprint density at radius 2 is 1.97 bits per heavy atom. The SMILES string of the molecule is CC(C)C(CO)Nc1nc(N2CCC(c3ccncc3)CC2)nc2c1[S@](=O)CC2. The summed E-state index contributed by atoms with van der Waals surface area (Å²) < 4.78 is 12.5. The van der Waals surface area contributed by atoms with Crippen molar-refractivity contribution in [3.8, 4) is 0 Å². The van der Waals surface area contributed by atoms with Gasteiger partial charge in [0.25, 0.3) is 0 Å². The van der Waals surface area contributed by atoms with Crippen LogP contribution in [-0.2, 0) is 17.2 Å². The molecular weight excluding hydrogens is 386 g/mol. The van der Waals surface area contributed by atoms with Gasteiger partial charge >= 0.3 is 0 Å². The van der Waals surface area contributed by atoms with Gasteiger partial charge in [-0.15, -0.1) is 0 Å². The summed E-state index contributed by atoms with van der Waals surface area (Å²) in [5, 5.41) is 13.1. The summed E-state index contributed by atoms with van der Waals surface area (Å²) in [6.07, 6.45) is 6.52. The highest BCUT2D eigenvalue weighted by atomic mass is 32.2. The fourth-order valence-corrected chi connectivity index (χ4v) is 5.38. The van der Waals surface area contributed by atoms with Gasteiger partial charge in [-0.05, 0) is 42.4 Å². The Morgan fingerprint density at radius 3 is 2.62 bits per heavy atom. The Morgan fingerprint density at radius 1 is 1.24 bits per heavy atom. The standard InChI is InChI=1S/C21H29N5O2S/c1-14(2)18(13-27)23-20-19-17(7-12-29(19)28)24-21(25-20)26-10-5-16(6-11-26)15-3-8-22-9-4-15/h3-4,8-9,14,16,18,27H,5-7,10-13H2,1-2H3,(H,23,24,25)/t18?,29-/m1/s1. The lowest BCUT2D eigenvalue weighted by atomic mass is 9.90. The van der Waals surface area contributed by atoms with Crippen LogP contribution in [-0.4, -0.2) is 55.8 Å². The third kappa shape index (κ3) is 4.28. The second kappa shape index (κ2) is 8.75. The van der Waals surface area contributed by atoms with Gasteiger partial charge in [-0.2, -0.15) is 4.98 Å². The van der Waals surface area contributed by atoms with Gasteiger partial charge < -0.3 is 15.3 Å². The predicted molar refractivity (Wildman–Crippen MR) is 115 cm³/mol. The van der Waals surface area contributed by atoms with Crippen LogP contribution in [0, 0.1) is 5.92 Å². The topological polar surface area (TPSA) is 91.2 Å². The maximum Gasteiger partial charge on any atom is 0.227 e. The molecule has 0 aliphatic carbocycles. The van der Waals surface area contributed by atoms with Gasteiger partial charge in [0.15, 0.2) is 0 Å². The van der Waals surface area contributed by atoms with E-state index in [2.05, 4.69) is 41.2 Å². The molecule has 8 heteroatoms. The maximum atomic E-state index is 12.5. The number of nitrogens with zero attached hydrogens (tertiary/aromatic N) is 4. The number of aliphatic hydroxyl groups is 1. The molecule has 4 heterocycles. The number of hydrogen-bond acceptors (Lipinski definition) is 7. The van der Waals surface area contributed by atoms with Crippen molar-refractivity contribution in [3.05, 3.63) is 35.8 Å². The lowest BCUT2D eigenvalue weighted by molar-refractivity contribution is 0.249. The largest absolute Gasteiger partial charge is 0.394 e. The van der Waals surface area contributed by atoms with Crippen LogP contribution in [0.2, 0.25) is 0 Å². The minimum atomic E-state index is -1.08. The Kier molecular flexibility index (Phi) is 6.10. The van der Waals surface area contributed by atoms with Gasteiger partial charge in [0, 0.05) is 37.7 Å². The van der Waals surface area contributed by atoms with Gasteiger partial charge in [-0.1, -0.05) is 13.8 Å². The van der Waals surface area contributed by atoms with Gasteiger partial charge in [0.05, 0.1) is 29.1 Å². The number of pyridine rings is 1. The quantitative estimate of drug-likeness (QED) is 0.748. The number of aliphatic hydroxyl groups excluding tert-OH is 1. The first-order valence-corrected chi connectivity index (χ1v) is 11.7. The molecule has 2 N–H and O–H groups in total. The van der Waals surface area contributed by atoms with Crippen molar-refractivity contribution in [2.75, 3.05) is 35.7 Å². The molecule has 0 radical (unpaired) electrons. The maximum absolute atomic E-state index is 12.5. The third-order valence-electron chi connectivity index (χ3n) is 5.95. The highest BCUT2D eigenvalue weighted by molar-refractivity contribution is 7.85. The second-order valence-corrected chi connectivity index (χ2v) is 9.67. The molecule has 4 rings (SSSR count). The van der Waals surface area contributed by atoms with Crippen LogP contribution in [0.4, 0.5) is 11.8 Å². The van der Waals surface area contributed by atoms with E-state index >= 15 is 0 Å². The smallest absolute Gasteiger partial charge is 0.227 e. The van der Waals surface area contributed by atoms with Crippen LogP contribution in [0.5, 0.6) is 0 Å². The summed E-state index contributed by atoms with van der Waals surface area (Å²) >= 11 is 0. The number of fused-ring (bicyclic) bond motifs is 1. The number of anilines is 2.